The number of hydrogen-bond acceptors (Lipinski definition) is 3. The van der Waals surface area contributed by atoms with Gasteiger partial charge in [0.15, 0.2) is 0 Å². The number of carbonyl (C=O) groups excluding carboxylic acids is 1. The highest BCUT2D eigenvalue weighted by Crippen LogP contribution is 2.17. The van der Waals surface area contributed by atoms with Crippen LogP contribution in [0.15, 0.2) is 78.9 Å². The van der Waals surface area contributed by atoms with Gasteiger partial charge in [0.1, 0.15) is 17.4 Å². The van der Waals surface area contributed by atoms with E-state index in [1.165, 1.54) is 12.1 Å². The van der Waals surface area contributed by atoms with Crippen LogP contribution in [0, 0.1) is 5.82 Å². The average molecular weight is 403 g/mol. The van der Waals surface area contributed by atoms with E-state index >= 15 is 0 Å². The van der Waals surface area contributed by atoms with Crippen molar-refractivity contribution >= 4 is 16.9 Å². The number of nitrogens with one attached hydrogen (secondary N) is 1. The number of halogens is 1. The number of hydrogen-bond donors (Lipinski definition) is 1. The number of aromatic nitrogens is 2. The molecular formula is C24H22FN3O2. The molecule has 1 amide bonds. The molecule has 0 fully saturated rings. The summed E-state index contributed by atoms with van der Waals surface area (Å²) < 4.78 is 21.7. The molecule has 3 aromatic carbocycles. The Labute approximate surface area is 174 Å². The Bertz CT molecular complexity index is 1140. The van der Waals surface area contributed by atoms with Gasteiger partial charge in [-0.1, -0.05) is 42.5 Å². The van der Waals surface area contributed by atoms with Crippen molar-refractivity contribution in [3.8, 4) is 5.75 Å². The second-order valence-electron chi connectivity index (χ2n) is 6.85. The molecule has 30 heavy (non-hydrogen) atoms. The predicted molar refractivity (Wildman–Crippen MR) is 114 cm³/mol. The number of para-hydroxylation sites is 3. The Balaban J connectivity index is 1.45. The van der Waals surface area contributed by atoms with E-state index in [-0.39, 0.29) is 12.1 Å². The zero-order valence-electron chi connectivity index (χ0n) is 16.4. The van der Waals surface area contributed by atoms with E-state index in [0.717, 1.165) is 29.0 Å². The zero-order chi connectivity index (χ0) is 20.8. The van der Waals surface area contributed by atoms with Crippen molar-refractivity contribution in [1.29, 1.82) is 0 Å². The maximum absolute atomic E-state index is 13.9. The molecule has 0 aliphatic heterocycles. The van der Waals surface area contributed by atoms with Gasteiger partial charge in [-0.3, -0.25) is 4.79 Å². The Morgan fingerprint density at radius 3 is 2.53 bits per heavy atom. The lowest BCUT2D eigenvalue weighted by Crippen LogP contribution is -2.25. The molecule has 1 aromatic heterocycles. The van der Waals surface area contributed by atoms with Crippen LogP contribution in [0.1, 0.15) is 22.6 Å². The summed E-state index contributed by atoms with van der Waals surface area (Å²) >= 11 is 0. The van der Waals surface area contributed by atoms with Crippen molar-refractivity contribution in [3.63, 3.8) is 0 Å². The first-order valence-electron chi connectivity index (χ1n) is 9.87. The van der Waals surface area contributed by atoms with E-state index in [1.807, 2.05) is 54.6 Å². The van der Waals surface area contributed by atoms with Crippen LogP contribution in [0.25, 0.3) is 11.0 Å². The third-order valence-electron chi connectivity index (χ3n) is 4.80. The summed E-state index contributed by atoms with van der Waals surface area (Å²) in [4.78, 5) is 17.0. The molecular weight excluding hydrogens is 381 g/mol. The molecule has 1 N–H and O–H groups in total. The second kappa shape index (κ2) is 9.22. The minimum atomic E-state index is -0.540. The standard InChI is InChI=1S/C24H22FN3O2/c25-20-12-5-4-11-19(20)24(29)26-17-23-27-21-13-6-7-14-22(21)28(23)15-8-16-30-18-9-2-1-3-10-18/h1-7,9-14H,8,15-17H2,(H,26,29). The monoisotopic (exact) mass is 403 g/mol. The average Bonchev–Trinajstić information content (AvgIpc) is 3.13. The fourth-order valence-electron chi connectivity index (χ4n) is 3.34. The number of fused-ring (bicyclic) bond motifs is 1. The molecule has 0 bridgehead atoms. The molecule has 0 unspecified atom stereocenters. The van der Waals surface area contributed by atoms with Gasteiger partial charge in [-0.15, -0.1) is 0 Å². The summed E-state index contributed by atoms with van der Waals surface area (Å²) in [7, 11) is 0. The van der Waals surface area contributed by atoms with Crippen molar-refractivity contribution in [3.05, 3.63) is 96.1 Å². The number of amides is 1. The van der Waals surface area contributed by atoms with E-state index in [0.29, 0.717) is 13.2 Å². The first-order valence-corrected chi connectivity index (χ1v) is 9.87. The predicted octanol–water partition coefficient (Wildman–Crippen LogP) is 4.57. The topological polar surface area (TPSA) is 56.2 Å². The number of ether oxygens (including phenoxy) is 1. The molecule has 152 valence electrons. The highest BCUT2D eigenvalue weighted by Gasteiger charge is 2.14. The highest BCUT2D eigenvalue weighted by molar-refractivity contribution is 5.94. The highest BCUT2D eigenvalue weighted by atomic mass is 19.1. The molecule has 0 atom stereocenters. The second-order valence-corrected chi connectivity index (χ2v) is 6.85. The van der Waals surface area contributed by atoms with Crippen LogP contribution >= 0.6 is 0 Å². The van der Waals surface area contributed by atoms with Crippen molar-refractivity contribution in [2.45, 2.75) is 19.5 Å². The zero-order valence-corrected chi connectivity index (χ0v) is 16.4. The minimum Gasteiger partial charge on any atom is -0.494 e. The molecule has 4 rings (SSSR count). The van der Waals surface area contributed by atoms with Crippen molar-refractivity contribution in [2.24, 2.45) is 0 Å². The van der Waals surface area contributed by atoms with Crippen LogP contribution in [-0.4, -0.2) is 22.1 Å². The maximum Gasteiger partial charge on any atom is 0.254 e. The van der Waals surface area contributed by atoms with Gasteiger partial charge >= 0.3 is 0 Å². The summed E-state index contributed by atoms with van der Waals surface area (Å²) in [5.74, 6) is 0.562. The number of imidazole rings is 1. The van der Waals surface area contributed by atoms with Crippen LogP contribution in [0.2, 0.25) is 0 Å². The van der Waals surface area contributed by atoms with Gasteiger partial charge in [0.05, 0.1) is 29.7 Å². The van der Waals surface area contributed by atoms with E-state index in [2.05, 4.69) is 14.9 Å². The smallest absolute Gasteiger partial charge is 0.254 e. The van der Waals surface area contributed by atoms with Crippen LogP contribution in [0.5, 0.6) is 5.75 Å². The fraction of sp³-hybridized carbons (Fsp3) is 0.167. The lowest BCUT2D eigenvalue weighted by Gasteiger charge is -2.11. The lowest BCUT2D eigenvalue weighted by atomic mass is 10.2. The molecule has 0 radical (unpaired) electrons. The Morgan fingerprint density at radius 1 is 0.967 bits per heavy atom. The van der Waals surface area contributed by atoms with Crippen molar-refractivity contribution in [2.75, 3.05) is 6.61 Å². The first-order chi connectivity index (χ1) is 14.7. The number of rotatable bonds is 8. The molecule has 0 aliphatic carbocycles. The molecule has 0 spiro atoms. The fourth-order valence-corrected chi connectivity index (χ4v) is 3.34. The van der Waals surface area contributed by atoms with Gasteiger partial charge in [-0.2, -0.15) is 0 Å². The maximum atomic E-state index is 13.9. The van der Waals surface area contributed by atoms with Crippen molar-refractivity contribution < 1.29 is 13.9 Å². The van der Waals surface area contributed by atoms with Crippen LogP contribution in [0.3, 0.4) is 0 Å². The number of nitrogens with zero attached hydrogens (tertiary/aromatic N) is 2. The van der Waals surface area contributed by atoms with Crippen LogP contribution < -0.4 is 10.1 Å². The quantitative estimate of drug-likeness (QED) is 0.438. The van der Waals surface area contributed by atoms with Gasteiger partial charge in [-0.05, 0) is 42.8 Å². The van der Waals surface area contributed by atoms with Crippen molar-refractivity contribution in [1.82, 2.24) is 14.9 Å². The molecule has 0 aliphatic rings. The Morgan fingerprint density at radius 2 is 1.70 bits per heavy atom. The number of carbonyl (C=O) groups is 1. The number of aryl methyl sites for hydroxylation is 1. The summed E-state index contributed by atoms with van der Waals surface area (Å²) in [6, 6.07) is 23.5. The molecule has 4 aromatic rings. The lowest BCUT2D eigenvalue weighted by molar-refractivity contribution is 0.0945. The van der Waals surface area contributed by atoms with E-state index in [4.69, 9.17) is 4.74 Å². The third kappa shape index (κ3) is 4.49. The SMILES string of the molecule is O=C(NCc1nc2ccccc2n1CCCOc1ccccc1)c1ccccc1F. The molecule has 0 saturated carbocycles. The Kier molecular flexibility index (Phi) is 6.03. The van der Waals surface area contributed by atoms with Gasteiger partial charge in [0, 0.05) is 6.54 Å². The van der Waals surface area contributed by atoms with Gasteiger partial charge in [-0.25, -0.2) is 9.37 Å². The summed E-state index contributed by atoms with van der Waals surface area (Å²) in [6.45, 7) is 1.47. The number of benzene rings is 3. The van der Waals surface area contributed by atoms with Crippen LogP contribution in [-0.2, 0) is 13.1 Å². The minimum absolute atomic E-state index is 0.0245. The summed E-state index contributed by atoms with van der Waals surface area (Å²) in [5, 5.41) is 2.78. The summed E-state index contributed by atoms with van der Waals surface area (Å²) in [5.41, 5.74) is 1.88. The van der Waals surface area contributed by atoms with E-state index in [9.17, 15) is 9.18 Å². The van der Waals surface area contributed by atoms with E-state index < -0.39 is 11.7 Å². The third-order valence-corrected chi connectivity index (χ3v) is 4.80. The molecule has 6 heteroatoms. The van der Waals surface area contributed by atoms with E-state index in [1.54, 1.807) is 12.1 Å². The Hall–Kier alpha value is -3.67. The molecule has 0 saturated heterocycles. The molecule has 5 nitrogen and oxygen atoms in total. The summed E-state index contributed by atoms with van der Waals surface area (Å²) in [6.07, 6.45) is 0.781. The first kappa shape index (κ1) is 19.6. The van der Waals surface area contributed by atoms with Gasteiger partial charge in [0.2, 0.25) is 0 Å². The van der Waals surface area contributed by atoms with Crippen LogP contribution in [0.4, 0.5) is 4.39 Å². The normalized spacial score (nSPS) is 10.8. The van der Waals surface area contributed by atoms with Gasteiger partial charge in [0.25, 0.3) is 5.91 Å². The largest absolute Gasteiger partial charge is 0.494 e. The molecule has 1 heterocycles. The van der Waals surface area contributed by atoms with Gasteiger partial charge < -0.3 is 14.6 Å².